The van der Waals surface area contributed by atoms with E-state index in [1.165, 1.54) is 16.8 Å². The Balaban J connectivity index is 1.12. The van der Waals surface area contributed by atoms with Crippen LogP contribution in [0.5, 0.6) is 0 Å². The van der Waals surface area contributed by atoms with Crippen LogP contribution in [0.3, 0.4) is 0 Å². The summed E-state index contributed by atoms with van der Waals surface area (Å²) in [5.74, 6) is -0.342. The molecule has 258 valence electrons. The number of nitrogens with two attached hydrogens (primary N) is 1. The molecule has 50 heavy (non-hydrogen) atoms. The minimum absolute atomic E-state index is 0.00734. The summed E-state index contributed by atoms with van der Waals surface area (Å²) in [6, 6.07) is 15.0. The molecule has 1 fully saturated rings. The van der Waals surface area contributed by atoms with Gasteiger partial charge in [0.1, 0.15) is 11.5 Å². The molecule has 1 atom stereocenters. The van der Waals surface area contributed by atoms with Crippen molar-refractivity contribution in [3.8, 4) is 22.4 Å². The lowest BCUT2D eigenvalue weighted by molar-refractivity contribution is -0.137. The van der Waals surface area contributed by atoms with E-state index >= 15 is 0 Å². The second-order valence-electron chi connectivity index (χ2n) is 12.6. The lowest BCUT2D eigenvalue weighted by Gasteiger charge is -2.34. The van der Waals surface area contributed by atoms with Gasteiger partial charge in [-0.15, -0.1) is 0 Å². The quantitative estimate of drug-likeness (QED) is 0.240. The Bertz CT molecular complexity index is 2090. The Hall–Kier alpha value is -5.50. The first-order chi connectivity index (χ1) is 24.0. The van der Waals surface area contributed by atoms with Crippen LogP contribution < -0.4 is 20.9 Å². The average molecular weight is 685 g/mol. The number of carbonyl (C=O) groups excluding carboxylic acids is 2. The fourth-order valence-corrected chi connectivity index (χ4v) is 6.62. The highest BCUT2D eigenvalue weighted by molar-refractivity contribution is 5.94. The zero-order valence-corrected chi connectivity index (χ0v) is 27.5. The van der Waals surface area contributed by atoms with Crippen molar-refractivity contribution in [2.45, 2.75) is 45.5 Å². The molecule has 2 amide bonds. The molecule has 0 radical (unpaired) electrons. The molecule has 0 spiro atoms. The molecule has 11 nitrogen and oxygen atoms in total. The lowest BCUT2D eigenvalue weighted by atomic mass is 9.93. The number of hydrogen-bond acceptors (Lipinski definition) is 8. The number of nitrogens with one attached hydrogen (secondary N) is 1. The zero-order valence-electron chi connectivity index (χ0n) is 27.5. The highest BCUT2D eigenvalue weighted by Crippen LogP contribution is 2.38. The number of halogens is 3. The summed E-state index contributed by atoms with van der Waals surface area (Å²) in [6.45, 7) is 5.61. The summed E-state index contributed by atoms with van der Waals surface area (Å²) < 4.78 is 49.0. The number of nitrogens with zero attached hydrogens (tertiary/aromatic N) is 6. The third-order valence-electron chi connectivity index (χ3n) is 9.16. The maximum absolute atomic E-state index is 14.0. The second kappa shape index (κ2) is 13.1. The van der Waals surface area contributed by atoms with Crippen molar-refractivity contribution in [2.75, 3.05) is 41.8 Å². The predicted octanol–water partition coefficient (Wildman–Crippen LogP) is 5.51. The van der Waals surface area contributed by atoms with Gasteiger partial charge in [0.05, 0.1) is 24.5 Å². The molecule has 0 bridgehead atoms. The number of amides is 2. The van der Waals surface area contributed by atoms with Crippen molar-refractivity contribution in [1.82, 2.24) is 24.7 Å². The van der Waals surface area contributed by atoms with E-state index in [4.69, 9.17) is 10.5 Å². The smallest absolute Gasteiger partial charge is 0.384 e. The number of aryl methyl sites for hydroxylation is 1. The van der Waals surface area contributed by atoms with Crippen LogP contribution in [0.4, 0.5) is 30.5 Å². The number of benzene rings is 2. The molecule has 14 heteroatoms. The van der Waals surface area contributed by atoms with Crippen LogP contribution in [0.15, 0.2) is 67.1 Å². The normalized spacial score (nSPS) is 16.4. The highest BCUT2D eigenvalue weighted by Gasteiger charge is 2.35. The van der Waals surface area contributed by atoms with Crippen LogP contribution >= 0.6 is 0 Å². The van der Waals surface area contributed by atoms with E-state index in [9.17, 15) is 22.8 Å². The van der Waals surface area contributed by atoms with Gasteiger partial charge in [0.25, 0.3) is 5.91 Å². The highest BCUT2D eigenvalue weighted by atomic mass is 19.4. The largest absolute Gasteiger partial charge is 0.417 e. The van der Waals surface area contributed by atoms with Crippen molar-refractivity contribution in [2.24, 2.45) is 0 Å². The number of hydrogen-bond donors (Lipinski definition) is 2. The van der Waals surface area contributed by atoms with Crippen molar-refractivity contribution < 1.29 is 27.5 Å². The number of imidazole rings is 1. The van der Waals surface area contributed by atoms with Crippen molar-refractivity contribution >= 4 is 34.8 Å². The number of alkyl halides is 3. The molecule has 0 aliphatic carbocycles. The van der Waals surface area contributed by atoms with Crippen molar-refractivity contribution in [3.05, 3.63) is 89.5 Å². The van der Waals surface area contributed by atoms with E-state index in [0.717, 1.165) is 53.0 Å². The standard InChI is InChI=1S/C36H35F3N8O3/c1-21-3-6-26-15-25(9-10-31(26)47(21)22(2)48)24-7-4-23(5-8-24)17-42-35(49)30-20-46-19-29(27-18-41-32(40)16-28(27)36(37,38)39)43-33(34(46)44-30)45-11-13-50-14-12-45/h4-5,7-10,15-16,18-21H,3,6,11-14,17H2,1-2H3,(H2,40,41)(H,42,49)/t21-/m0/s1. The molecule has 2 aromatic carbocycles. The van der Waals surface area contributed by atoms with Gasteiger partial charge in [0.15, 0.2) is 11.5 Å². The lowest BCUT2D eigenvalue weighted by Crippen LogP contribution is -2.40. The molecule has 2 aliphatic heterocycles. The van der Waals surface area contributed by atoms with E-state index in [0.29, 0.717) is 37.8 Å². The topological polar surface area (TPSA) is 131 Å². The van der Waals surface area contributed by atoms with Gasteiger partial charge in [-0.2, -0.15) is 13.2 Å². The number of pyridine rings is 1. The van der Waals surface area contributed by atoms with E-state index < -0.39 is 17.6 Å². The number of morpholine rings is 1. The van der Waals surface area contributed by atoms with Gasteiger partial charge in [-0.25, -0.2) is 15.0 Å². The summed E-state index contributed by atoms with van der Waals surface area (Å²) in [4.78, 5) is 42.4. The third kappa shape index (κ3) is 6.45. The fourth-order valence-electron chi connectivity index (χ4n) is 6.62. The number of nitrogen functional groups attached to an aromatic ring is 1. The van der Waals surface area contributed by atoms with Crippen molar-refractivity contribution in [3.63, 3.8) is 0 Å². The Morgan fingerprint density at radius 3 is 2.48 bits per heavy atom. The first-order valence-electron chi connectivity index (χ1n) is 16.3. The number of ether oxygens (including phenoxy) is 1. The zero-order chi connectivity index (χ0) is 35.2. The summed E-state index contributed by atoms with van der Waals surface area (Å²) in [5.41, 5.74) is 9.85. The first-order valence-corrected chi connectivity index (χ1v) is 16.3. The van der Waals surface area contributed by atoms with Crippen LogP contribution in [-0.4, -0.2) is 63.5 Å². The monoisotopic (exact) mass is 684 g/mol. The Morgan fingerprint density at radius 2 is 1.76 bits per heavy atom. The number of fused-ring (bicyclic) bond motifs is 2. The molecule has 7 rings (SSSR count). The fraction of sp³-hybridized carbons (Fsp3) is 0.306. The molecule has 0 unspecified atom stereocenters. The van der Waals surface area contributed by atoms with E-state index in [1.54, 1.807) is 6.92 Å². The summed E-state index contributed by atoms with van der Waals surface area (Å²) in [6.07, 6.45) is 1.05. The van der Waals surface area contributed by atoms with Crippen LogP contribution in [-0.2, 0) is 28.7 Å². The minimum atomic E-state index is -4.70. The van der Waals surface area contributed by atoms with E-state index in [-0.39, 0.29) is 41.3 Å². The van der Waals surface area contributed by atoms with Crippen LogP contribution in [0.1, 0.15) is 47.4 Å². The second-order valence-corrected chi connectivity index (χ2v) is 12.6. The average Bonchev–Trinajstić information content (AvgIpc) is 3.54. The summed E-state index contributed by atoms with van der Waals surface area (Å²) in [5, 5.41) is 2.90. The van der Waals surface area contributed by atoms with Gasteiger partial charge >= 0.3 is 6.18 Å². The number of aromatic nitrogens is 4. The maximum atomic E-state index is 14.0. The predicted molar refractivity (Wildman–Crippen MR) is 183 cm³/mol. The van der Waals surface area contributed by atoms with Crippen LogP contribution in [0, 0.1) is 0 Å². The third-order valence-corrected chi connectivity index (χ3v) is 9.16. The Morgan fingerprint density at radius 1 is 1.02 bits per heavy atom. The first kappa shape index (κ1) is 33.0. The van der Waals surface area contributed by atoms with Gasteiger partial charge in [0.2, 0.25) is 5.91 Å². The molecular formula is C36H35F3N8O3. The number of anilines is 3. The number of rotatable bonds is 6. The molecule has 3 aromatic heterocycles. The SMILES string of the molecule is CC(=O)N1c2ccc(-c3ccc(CNC(=O)c4cn5cc(-c6cnc(N)cc6C(F)(F)F)nc(N6CCOCC6)c5n4)cc3)cc2CC[C@@H]1C. The Kier molecular flexibility index (Phi) is 8.64. The summed E-state index contributed by atoms with van der Waals surface area (Å²) in [7, 11) is 0. The van der Waals surface area contributed by atoms with Gasteiger partial charge in [-0.1, -0.05) is 30.3 Å². The number of carbonyl (C=O) groups is 2. The van der Waals surface area contributed by atoms with E-state index in [2.05, 4.69) is 33.3 Å². The van der Waals surface area contributed by atoms with Gasteiger partial charge in [0, 0.05) is 62.4 Å². The molecule has 3 N–H and O–H groups in total. The maximum Gasteiger partial charge on any atom is 0.417 e. The molecular weight excluding hydrogens is 649 g/mol. The Labute approximate surface area is 285 Å². The molecule has 0 saturated carbocycles. The molecule has 5 heterocycles. The van der Waals surface area contributed by atoms with Gasteiger partial charge in [-0.05, 0) is 60.2 Å². The van der Waals surface area contributed by atoms with E-state index in [1.807, 2.05) is 46.2 Å². The summed E-state index contributed by atoms with van der Waals surface area (Å²) >= 11 is 0. The van der Waals surface area contributed by atoms with Crippen molar-refractivity contribution in [1.29, 1.82) is 0 Å². The van der Waals surface area contributed by atoms with Crippen LogP contribution in [0.2, 0.25) is 0 Å². The van der Waals surface area contributed by atoms with Gasteiger partial charge < -0.3 is 30.0 Å². The molecule has 2 aliphatic rings. The van der Waals surface area contributed by atoms with Gasteiger partial charge in [-0.3, -0.25) is 9.59 Å². The molecule has 5 aromatic rings. The minimum Gasteiger partial charge on any atom is -0.384 e. The van der Waals surface area contributed by atoms with Crippen LogP contribution in [0.25, 0.3) is 28.0 Å². The molecule has 1 saturated heterocycles.